The second-order valence-corrected chi connectivity index (χ2v) is 15.4. The normalized spacial score (nSPS) is 15.5. The van der Waals surface area contributed by atoms with Crippen LogP contribution in [0.3, 0.4) is 0 Å². The fourth-order valence-electron chi connectivity index (χ4n) is 5.83. The van der Waals surface area contributed by atoms with Crippen molar-refractivity contribution in [1.29, 1.82) is 0 Å². The zero-order valence-corrected chi connectivity index (χ0v) is 27.4. The molecule has 1 unspecified atom stereocenters. The number of hydrogen-bond acceptors (Lipinski definition) is 6. The molecule has 1 heterocycles. The van der Waals surface area contributed by atoms with E-state index >= 15 is 4.39 Å². The fraction of sp³-hybridized carbons (Fsp3) is 0.143. The first-order chi connectivity index (χ1) is 22.4. The molecule has 240 valence electrons. The molecule has 5 aromatic rings. The number of nitrogens with zero attached hydrogens (tertiary/aromatic N) is 2. The summed E-state index contributed by atoms with van der Waals surface area (Å²) in [6.07, 6.45) is 1.36. The third kappa shape index (κ3) is 6.26. The molecule has 8 nitrogen and oxygen atoms in total. The van der Waals surface area contributed by atoms with Gasteiger partial charge in [0, 0.05) is 29.0 Å². The molecular formula is C35H28ClFN2O6S2. The summed E-state index contributed by atoms with van der Waals surface area (Å²) in [5.74, 6) is -2.47. The third-order valence-electron chi connectivity index (χ3n) is 8.08. The lowest BCUT2D eigenvalue weighted by Gasteiger charge is -2.38. The highest BCUT2D eigenvalue weighted by Gasteiger charge is 2.44. The van der Waals surface area contributed by atoms with Crippen LogP contribution in [-0.2, 0) is 24.7 Å². The Morgan fingerprint density at radius 1 is 0.851 bits per heavy atom. The molecule has 0 aliphatic carbocycles. The molecular weight excluding hydrogens is 663 g/mol. The highest BCUT2D eigenvalue weighted by Crippen LogP contribution is 2.35. The number of halogens is 2. The minimum absolute atomic E-state index is 0.0256. The number of carbonyl (C=O) groups excluding carboxylic acids is 2. The molecule has 5 aromatic carbocycles. The fourth-order valence-corrected chi connectivity index (χ4v) is 8.52. The van der Waals surface area contributed by atoms with E-state index in [1.165, 1.54) is 42.5 Å². The Hall–Kier alpha value is -4.58. The molecule has 2 amide bonds. The topological polar surface area (TPSA) is 109 Å². The van der Waals surface area contributed by atoms with Gasteiger partial charge < -0.3 is 4.90 Å². The molecule has 0 aromatic heterocycles. The van der Waals surface area contributed by atoms with Gasteiger partial charge in [-0.15, -0.1) is 0 Å². The number of anilines is 1. The quantitative estimate of drug-likeness (QED) is 0.187. The summed E-state index contributed by atoms with van der Waals surface area (Å²) in [6, 6.07) is 25.8. The van der Waals surface area contributed by atoms with Crippen molar-refractivity contribution in [2.24, 2.45) is 0 Å². The van der Waals surface area contributed by atoms with E-state index in [4.69, 9.17) is 11.6 Å². The van der Waals surface area contributed by atoms with Crippen molar-refractivity contribution in [2.45, 2.75) is 28.7 Å². The Bertz CT molecular complexity index is 2260. The largest absolute Gasteiger partial charge is 0.308 e. The molecule has 1 saturated heterocycles. The van der Waals surface area contributed by atoms with Gasteiger partial charge in [-0.3, -0.25) is 9.59 Å². The Kier molecular flexibility index (Phi) is 8.64. The van der Waals surface area contributed by atoms with Crippen LogP contribution < -0.4 is 4.90 Å². The number of hydrogen-bond donors (Lipinski definition) is 0. The van der Waals surface area contributed by atoms with Gasteiger partial charge in [-0.05, 0) is 83.8 Å². The lowest BCUT2D eigenvalue weighted by atomic mass is 10.0. The molecule has 12 heteroatoms. The SMILES string of the molecule is CS(=O)(=O)c1ccccc1-c1ccc(N2CCCC(N(C(=O)c3ccccc3)S(=O)(=O)c3ccc4cc(Cl)ccc4c3)C2=O)c(F)c1. The number of benzene rings is 5. The minimum Gasteiger partial charge on any atom is -0.308 e. The molecule has 1 atom stereocenters. The van der Waals surface area contributed by atoms with Crippen molar-refractivity contribution in [1.82, 2.24) is 4.31 Å². The highest BCUT2D eigenvalue weighted by atomic mass is 35.5. The average molecular weight is 691 g/mol. The van der Waals surface area contributed by atoms with Gasteiger partial charge in [0.05, 0.1) is 15.5 Å². The number of piperidine rings is 1. The van der Waals surface area contributed by atoms with E-state index in [2.05, 4.69) is 0 Å². The maximum Gasteiger partial charge on any atom is 0.268 e. The predicted molar refractivity (Wildman–Crippen MR) is 179 cm³/mol. The second-order valence-electron chi connectivity index (χ2n) is 11.2. The monoisotopic (exact) mass is 690 g/mol. The standard InChI is InChI=1S/C35H28ClFN2O6S2/c1-46(42,43)33-12-6-5-10-29(33)26-15-18-31(30(37)22-26)38-19-7-11-32(35(38)41)39(34(40)23-8-3-2-4-9-23)47(44,45)28-17-14-24-20-27(36)16-13-25(24)21-28/h2-6,8-10,12-18,20-22,32H,7,11,19H2,1H3. The summed E-state index contributed by atoms with van der Waals surface area (Å²) in [6.45, 7) is 0.0790. The van der Waals surface area contributed by atoms with Crippen molar-refractivity contribution in [3.8, 4) is 11.1 Å². The van der Waals surface area contributed by atoms with E-state index in [9.17, 15) is 26.4 Å². The van der Waals surface area contributed by atoms with Gasteiger partial charge in [0.2, 0.25) is 0 Å². The van der Waals surface area contributed by atoms with Gasteiger partial charge >= 0.3 is 0 Å². The minimum atomic E-state index is -4.61. The van der Waals surface area contributed by atoms with Crippen LogP contribution in [0.2, 0.25) is 5.02 Å². The van der Waals surface area contributed by atoms with E-state index < -0.39 is 43.5 Å². The molecule has 6 rings (SSSR count). The zero-order chi connectivity index (χ0) is 33.5. The summed E-state index contributed by atoms with van der Waals surface area (Å²) >= 11 is 6.10. The van der Waals surface area contributed by atoms with Gasteiger partial charge in [-0.2, -0.15) is 0 Å². The van der Waals surface area contributed by atoms with E-state index in [0.717, 1.165) is 17.2 Å². The van der Waals surface area contributed by atoms with Crippen molar-refractivity contribution in [3.05, 3.63) is 126 Å². The van der Waals surface area contributed by atoms with E-state index in [1.54, 1.807) is 60.7 Å². The zero-order valence-electron chi connectivity index (χ0n) is 25.0. The molecule has 0 spiro atoms. The molecule has 1 aliphatic rings. The number of amides is 2. The van der Waals surface area contributed by atoms with Crippen LogP contribution in [-0.4, -0.2) is 51.8 Å². The smallest absolute Gasteiger partial charge is 0.268 e. The number of sulfone groups is 1. The lowest BCUT2D eigenvalue weighted by Crippen LogP contribution is -2.56. The molecule has 0 saturated carbocycles. The summed E-state index contributed by atoms with van der Waals surface area (Å²) < 4.78 is 69.7. The van der Waals surface area contributed by atoms with E-state index in [-0.39, 0.29) is 46.0 Å². The van der Waals surface area contributed by atoms with Crippen molar-refractivity contribution in [2.75, 3.05) is 17.7 Å². The summed E-state index contributed by atoms with van der Waals surface area (Å²) in [5.41, 5.74) is 0.530. The number of carbonyl (C=O) groups is 2. The number of sulfonamides is 1. The Labute approximate surface area is 277 Å². The van der Waals surface area contributed by atoms with Crippen LogP contribution >= 0.6 is 11.6 Å². The number of rotatable bonds is 7. The molecule has 1 aliphatic heterocycles. The summed E-state index contributed by atoms with van der Waals surface area (Å²) in [7, 11) is -8.23. The molecule has 47 heavy (non-hydrogen) atoms. The Morgan fingerprint density at radius 3 is 2.26 bits per heavy atom. The average Bonchev–Trinajstić information content (AvgIpc) is 3.05. The second kappa shape index (κ2) is 12.6. The first-order valence-electron chi connectivity index (χ1n) is 14.6. The maximum absolute atomic E-state index is 15.8. The van der Waals surface area contributed by atoms with Gasteiger partial charge in [-0.25, -0.2) is 25.5 Å². The van der Waals surface area contributed by atoms with Gasteiger partial charge in [-0.1, -0.05) is 66.2 Å². The van der Waals surface area contributed by atoms with Gasteiger partial charge in [0.1, 0.15) is 11.9 Å². The van der Waals surface area contributed by atoms with Crippen molar-refractivity contribution >= 4 is 59.7 Å². The van der Waals surface area contributed by atoms with Gasteiger partial charge in [0.15, 0.2) is 9.84 Å². The predicted octanol–water partition coefficient (Wildman–Crippen LogP) is 6.73. The van der Waals surface area contributed by atoms with Crippen LogP contribution in [0.5, 0.6) is 0 Å². The lowest BCUT2D eigenvalue weighted by molar-refractivity contribution is -0.123. The van der Waals surface area contributed by atoms with Crippen molar-refractivity contribution in [3.63, 3.8) is 0 Å². The first kappa shape index (κ1) is 32.4. The molecule has 0 bridgehead atoms. The Morgan fingerprint density at radius 2 is 1.53 bits per heavy atom. The molecule has 1 fully saturated rings. The van der Waals surface area contributed by atoms with Crippen LogP contribution in [0.25, 0.3) is 21.9 Å². The maximum atomic E-state index is 15.8. The highest BCUT2D eigenvalue weighted by molar-refractivity contribution is 7.91. The van der Waals surface area contributed by atoms with Crippen LogP contribution in [0.1, 0.15) is 23.2 Å². The first-order valence-corrected chi connectivity index (χ1v) is 18.3. The van der Waals surface area contributed by atoms with Crippen LogP contribution in [0, 0.1) is 5.82 Å². The van der Waals surface area contributed by atoms with E-state index in [0.29, 0.717) is 25.7 Å². The number of fused-ring (bicyclic) bond motifs is 1. The summed E-state index contributed by atoms with van der Waals surface area (Å²) in [5, 5.41) is 1.73. The van der Waals surface area contributed by atoms with E-state index in [1.807, 2.05) is 0 Å². The Balaban J connectivity index is 1.40. The van der Waals surface area contributed by atoms with Crippen molar-refractivity contribution < 1.29 is 30.8 Å². The molecule has 0 N–H and O–H groups in total. The molecule has 0 radical (unpaired) electrons. The third-order valence-corrected chi connectivity index (χ3v) is 11.3. The van der Waals surface area contributed by atoms with Crippen LogP contribution in [0.15, 0.2) is 119 Å². The van der Waals surface area contributed by atoms with Gasteiger partial charge in [0.25, 0.3) is 21.8 Å². The van der Waals surface area contributed by atoms with Crippen LogP contribution in [0.4, 0.5) is 10.1 Å². The summed E-state index contributed by atoms with van der Waals surface area (Å²) in [4.78, 5) is 29.1.